The van der Waals surface area contributed by atoms with Crippen molar-refractivity contribution in [3.8, 4) is 17.1 Å². The van der Waals surface area contributed by atoms with Crippen LogP contribution in [0.5, 0.6) is 5.75 Å². The van der Waals surface area contributed by atoms with Gasteiger partial charge in [0.2, 0.25) is 0 Å². The van der Waals surface area contributed by atoms with Gasteiger partial charge >= 0.3 is 5.97 Å². The van der Waals surface area contributed by atoms with Crippen molar-refractivity contribution in [2.24, 2.45) is 0 Å². The van der Waals surface area contributed by atoms with Crippen molar-refractivity contribution < 1.29 is 24.0 Å². The third kappa shape index (κ3) is 6.96. The molecule has 0 saturated heterocycles. The van der Waals surface area contributed by atoms with Gasteiger partial charge < -0.3 is 24.6 Å². The molecule has 0 atom stereocenters. The summed E-state index contributed by atoms with van der Waals surface area (Å²) in [5.74, 6) is -0.425. The van der Waals surface area contributed by atoms with E-state index in [0.29, 0.717) is 45.9 Å². The third-order valence-electron chi connectivity index (χ3n) is 4.75. The largest absolute Gasteiger partial charge is 0.489 e. The van der Waals surface area contributed by atoms with Crippen LogP contribution in [-0.4, -0.2) is 46.7 Å². The number of nitrogens with zero attached hydrogens (tertiary/aromatic N) is 2. The van der Waals surface area contributed by atoms with Crippen molar-refractivity contribution in [3.05, 3.63) is 63.8 Å². The first kappa shape index (κ1) is 25.6. The minimum Gasteiger partial charge on any atom is -0.489 e. The van der Waals surface area contributed by atoms with Gasteiger partial charge in [-0.15, -0.1) is 0 Å². The average Bonchev–Trinajstić information content (AvgIpc) is 3.24. The summed E-state index contributed by atoms with van der Waals surface area (Å²) in [6.45, 7) is 4.76. The molecule has 3 rings (SSSR count). The lowest BCUT2D eigenvalue weighted by Gasteiger charge is -2.16. The maximum atomic E-state index is 12.6. The van der Waals surface area contributed by atoms with E-state index in [1.54, 1.807) is 30.3 Å². The topological polar surface area (TPSA) is 105 Å². The zero-order chi connectivity index (χ0) is 24.8. The molecule has 1 amide bonds. The van der Waals surface area contributed by atoms with Gasteiger partial charge in [0.25, 0.3) is 5.91 Å². The highest BCUT2D eigenvalue weighted by molar-refractivity contribution is 6.33. The van der Waals surface area contributed by atoms with Crippen LogP contribution in [0.4, 0.5) is 5.69 Å². The number of anilines is 1. The van der Waals surface area contributed by atoms with Gasteiger partial charge in [-0.25, -0.2) is 0 Å². The Kier molecular flexibility index (Phi) is 8.55. The summed E-state index contributed by atoms with van der Waals surface area (Å²) in [5.41, 5.74) is 2.08. The van der Waals surface area contributed by atoms with E-state index >= 15 is 0 Å². The molecule has 0 spiro atoms. The normalized spacial score (nSPS) is 11.1. The molecular formula is C24H25Cl2N3O5. The van der Waals surface area contributed by atoms with Crippen molar-refractivity contribution >= 4 is 40.8 Å². The summed E-state index contributed by atoms with van der Waals surface area (Å²) in [5, 5.41) is 16.2. The number of amides is 1. The molecule has 2 aromatic carbocycles. The Bertz CT molecular complexity index is 1180. The molecule has 3 aromatic rings. The van der Waals surface area contributed by atoms with Crippen molar-refractivity contribution in [1.82, 2.24) is 10.1 Å². The molecular weight excluding hydrogens is 481 g/mol. The summed E-state index contributed by atoms with van der Waals surface area (Å²) in [7, 11) is 1.84. The second-order valence-electron chi connectivity index (χ2n) is 8.04. The van der Waals surface area contributed by atoms with Gasteiger partial charge in [-0.1, -0.05) is 34.4 Å². The van der Waals surface area contributed by atoms with Crippen LogP contribution in [0.25, 0.3) is 11.3 Å². The fourth-order valence-electron chi connectivity index (χ4n) is 3.17. The van der Waals surface area contributed by atoms with Crippen LogP contribution in [-0.2, 0) is 11.3 Å². The minimum atomic E-state index is -0.842. The SMILES string of the molecule is CC(C)Oc1ccc(NC(=O)c2cc(-c3ccc(CN(C)CCC(=O)O)cc3Cl)on2)cc1Cl. The molecule has 0 saturated carbocycles. The molecule has 0 aliphatic heterocycles. The van der Waals surface area contributed by atoms with E-state index < -0.39 is 11.9 Å². The number of hydrogen-bond acceptors (Lipinski definition) is 6. The lowest BCUT2D eigenvalue weighted by Crippen LogP contribution is -2.21. The van der Waals surface area contributed by atoms with Gasteiger partial charge in [0, 0.05) is 30.4 Å². The smallest absolute Gasteiger partial charge is 0.304 e. The monoisotopic (exact) mass is 505 g/mol. The second kappa shape index (κ2) is 11.4. The Balaban J connectivity index is 1.67. The summed E-state index contributed by atoms with van der Waals surface area (Å²) in [6, 6.07) is 11.9. The molecule has 34 heavy (non-hydrogen) atoms. The highest BCUT2D eigenvalue weighted by Crippen LogP contribution is 2.31. The van der Waals surface area contributed by atoms with Gasteiger partial charge in [-0.05, 0) is 56.8 Å². The predicted molar refractivity (Wildman–Crippen MR) is 131 cm³/mol. The summed E-state index contributed by atoms with van der Waals surface area (Å²) < 4.78 is 10.9. The first-order valence-corrected chi connectivity index (χ1v) is 11.3. The summed E-state index contributed by atoms with van der Waals surface area (Å²) in [4.78, 5) is 25.2. The molecule has 10 heteroatoms. The Morgan fingerprint density at radius 2 is 1.91 bits per heavy atom. The van der Waals surface area contributed by atoms with E-state index in [-0.39, 0.29) is 18.2 Å². The number of aromatic nitrogens is 1. The summed E-state index contributed by atoms with van der Waals surface area (Å²) >= 11 is 12.7. The lowest BCUT2D eigenvalue weighted by molar-refractivity contribution is -0.137. The zero-order valence-corrected chi connectivity index (χ0v) is 20.5. The molecule has 1 aromatic heterocycles. The van der Waals surface area contributed by atoms with Crippen molar-refractivity contribution in [2.45, 2.75) is 32.9 Å². The number of nitrogens with one attached hydrogen (secondary N) is 1. The van der Waals surface area contributed by atoms with Crippen molar-refractivity contribution in [1.29, 1.82) is 0 Å². The van der Waals surface area contributed by atoms with Crippen LogP contribution in [0.2, 0.25) is 10.0 Å². The Morgan fingerprint density at radius 3 is 2.56 bits per heavy atom. The molecule has 0 fully saturated rings. The van der Waals surface area contributed by atoms with Crippen LogP contribution in [0, 0.1) is 0 Å². The fraction of sp³-hybridized carbons (Fsp3) is 0.292. The lowest BCUT2D eigenvalue weighted by atomic mass is 10.1. The van der Waals surface area contributed by atoms with Crippen LogP contribution >= 0.6 is 23.2 Å². The zero-order valence-electron chi connectivity index (χ0n) is 19.0. The quantitative estimate of drug-likeness (QED) is 0.369. The number of rotatable bonds is 10. The maximum absolute atomic E-state index is 12.6. The summed E-state index contributed by atoms with van der Waals surface area (Å²) in [6.07, 6.45) is 0.0399. The number of ether oxygens (including phenoxy) is 1. The number of hydrogen-bond donors (Lipinski definition) is 2. The van der Waals surface area contributed by atoms with E-state index in [4.69, 9.17) is 37.6 Å². The minimum absolute atomic E-state index is 0.0229. The van der Waals surface area contributed by atoms with Gasteiger partial charge in [-0.2, -0.15) is 0 Å². The molecule has 180 valence electrons. The molecule has 2 N–H and O–H groups in total. The molecule has 8 nitrogen and oxygen atoms in total. The van der Waals surface area contributed by atoms with Crippen molar-refractivity contribution in [3.63, 3.8) is 0 Å². The van der Waals surface area contributed by atoms with E-state index in [0.717, 1.165) is 5.56 Å². The molecule has 0 radical (unpaired) electrons. The molecule has 0 bridgehead atoms. The van der Waals surface area contributed by atoms with Gasteiger partial charge in [0.1, 0.15) is 5.75 Å². The van der Waals surface area contributed by atoms with Gasteiger partial charge in [-0.3, -0.25) is 9.59 Å². The highest BCUT2D eigenvalue weighted by Gasteiger charge is 2.17. The molecule has 0 unspecified atom stereocenters. The van der Waals surface area contributed by atoms with Crippen LogP contribution < -0.4 is 10.1 Å². The Labute approximate surface area is 207 Å². The maximum Gasteiger partial charge on any atom is 0.304 e. The van der Waals surface area contributed by atoms with Crippen molar-refractivity contribution in [2.75, 3.05) is 18.9 Å². The fourth-order valence-corrected chi connectivity index (χ4v) is 3.69. The van der Waals surface area contributed by atoms with Gasteiger partial charge in [0.15, 0.2) is 11.5 Å². The van der Waals surface area contributed by atoms with Gasteiger partial charge in [0.05, 0.1) is 22.6 Å². The van der Waals surface area contributed by atoms with E-state index in [2.05, 4.69) is 10.5 Å². The van der Waals surface area contributed by atoms with E-state index in [9.17, 15) is 9.59 Å². The number of carbonyl (C=O) groups is 2. The number of aliphatic carboxylic acids is 1. The Hall–Kier alpha value is -3.07. The highest BCUT2D eigenvalue weighted by atomic mass is 35.5. The predicted octanol–water partition coefficient (Wildman–Crippen LogP) is 5.59. The molecule has 1 heterocycles. The third-order valence-corrected chi connectivity index (χ3v) is 5.36. The van der Waals surface area contributed by atoms with Crippen LogP contribution in [0.15, 0.2) is 47.0 Å². The molecule has 0 aliphatic carbocycles. The first-order valence-electron chi connectivity index (χ1n) is 10.6. The van der Waals surface area contributed by atoms with Crippen LogP contribution in [0.1, 0.15) is 36.3 Å². The number of halogens is 2. The number of benzene rings is 2. The second-order valence-corrected chi connectivity index (χ2v) is 8.85. The van der Waals surface area contributed by atoms with E-state index in [1.807, 2.05) is 31.9 Å². The Morgan fingerprint density at radius 1 is 1.15 bits per heavy atom. The van der Waals surface area contributed by atoms with E-state index in [1.165, 1.54) is 6.07 Å². The standard InChI is InChI=1S/C24H25Cl2N3O5/c1-14(2)33-21-7-5-16(11-19(21)26)27-24(32)20-12-22(34-28-20)17-6-4-15(10-18(17)25)13-29(3)9-8-23(30)31/h4-7,10-12,14H,8-9,13H2,1-3H3,(H,27,32)(H,30,31). The number of carboxylic acids is 1. The number of carboxylic acid groups (broad SMARTS) is 1. The van der Waals surface area contributed by atoms with Crippen LogP contribution in [0.3, 0.4) is 0 Å². The molecule has 0 aliphatic rings. The first-order chi connectivity index (χ1) is 16.1. The average molecular weight is 506 g/mol. The number of carbonyl (C=O) groups excluding carboxylic acids is 1.